The number of pyridine rings is 1. The smallest absolute Gasteiger partial charge is 0.250 e. The maximum absolute atomic E-state index is 12.1. The van der Waals surface area contributed by atoms with Crippen LogP contribution in [-0.4, -0.2) is 54.5 Å². The van der Waals surface area contributed by atoms with Crippen LogP contribution >= 0.6 is 0 Å². The lowest BCUT2D eigenvalue weighted by atomic mass is 10.0. The normalized spacial score (nSPS) is 20.8. The molecule has 1 fully saturated rings. The third-order valence-electron chi connectivity index (χ3n) is 6.86. The number of hydrogen-bond acceptors (Lipinski definition) is 6. The molecule has 0 radical (unpaired) electrons. The van der Waals surface area contributed by atoms with Crippen molar-refractivity contribution in [1.29, 1.82) is 0 Å². The molecule has 8 heteroatoms. The summed E-state index contributed by atoms with van der Waals surface area (Å²) in [4.78, 5) is 25.5. The predicted molar refractivity (Wildman–Crippen MR) is 126 cm³/mol. The van der Waals surface area contributed by atoms with E-state index < -0.39 is 0 Å². The van der Waals surface area contributed by atoms with Gasteiger partial charge in [0.25, 0.3) is 5.56 Å². The van der Waals surface area contributed by atoms with Crippen LogP contribution in [0.25, 0.3) is 22.1 Å². The van der Waals surface area contributed by atoms with E-state index in [1.54, 1.807) is 23.0 Å². The number of fused-ring (bicyclic) bond motifs is 2. The van der Waals surface area contributed by atoms with E-state index >= 15 is 0 Å². The molecule has 4 aromatic rings. The van der Waals surface area contributed by atoms with Crippen molar-refractivity contribution in [2.24, 2.45) is 7.05 Å². The number of aromatic nitrogens is 5. The van der Waals surface area contributed by atoms with Gasteiger partial charge in [0.2, 0.25) is 0 Å². The van der Waals surface area contributed by atoms with Crippen molar-refractivity contribution in [2.75, 3.05) is 18.1 Å². The van der Waals surface area contributed by atoms with Crippen LogP contribution in [0.1, 0.15) is 38.1 Å². The van der Waals surface area contributed by atoms with Gasteiger partial charge in [0.15, 0.2) is 0 Å². The van der Waals surface area contributed by atoms with Gasteiger partial charge in [0.1, 0.15) is 5.52 Å². The molecule has 166 valence electrons. The molecule has 0 spiro atoms. The largest absolute Gasteiger partial charge is 0.308 e. The van der Waals surface area contributed by atoms with Crippen molar-refractivity contribution < 1.29 is 0 Å². The minimum atomic E-state index is -0.0136. The summed E-state index contributed by atoms with van der Waals surface area (Å²) in [6, 6.07) is 10.6. The molecule has 1 unspecified atom stereocenters. The van der Waals surface area contributed by atoms with Gasteiger partial charge >= 0.3 is 0 Å². The van der Waals surface area contributed by atoms with E-state index in [2.05, 4.69) is 58.8 Å². The average Bonchev–Trinajstić information content (AvgIpc) is 3.13. The van der Waals surface area contributed by atoms with Gasteiger partial charge in [-0.05, 0) is 51.5 Å². The monoisotopic (exact) mass is 431 g/mol. The van der Waals surface area contributed by atoms with Crippen molar-refractivity contribution in [1.82, 2.24) is 29.3 Å². The zero-order valence-electron chi connectivity index (χ0n) is 19.2. The Morgan fingerprint density at radius 1 is 0.969 bits per heavy atom. The van der Waals surface area contributed by atoms with Crippen molar-refractivity contribution in [3.63, 3.8) is 0 Å². The summed E-state index contributed by atoms with van der Waals surface area (Å²) in [5, 5.41) is 7.15. The Kier molecular flexibility index (Phi) is 4.97. The summed E-state index contributed by atoms with van der Waals surface area (Å²) >= 11 is 0. The lowest BCUT2D eigenvalue weighted by molar-refractivity contribution is 0.103. The summed E-state index contributed by atoms with van der Waals surface area (Å²) < 4.78 is 1.68. The first-order valence-corrected chi connectivity index (χ1v) is 11.1. The Morgan fingerprint density at radius 2 is 1.69 bits per heavy atom. The van der Waals surface area contributed by atoms with Crippen molar-refractivity contribution >= 4 is 22.1 Å². The van der Waals surface area contributed by atoms with E-state index in [9.17, 15) is 4.79 Å². The molecule has 32 heavy (non-hydrogen) atoms. The summed E-state index contributed by atoms with van der Waals surface area (Å²) in [6.07, 6.45) is 3.47. The van der Waals surface area contributed by atoms with Crippen LogP contribution in [0.3, 0.4) is 0 Å². The molecule has 0 aliphatic carbocycles. The molecule has 4 heterocycles. The van der Waals surface area contributed by atoms with E-state index in [0.717, 1.165) is 40.9 Å². The lowest BCUT2D eigenvalue weighted by Gasteiger charge is -2.47. The molecule has 1 aromatic carbocycles. The molecule has 1 aliphatic heterocycles. The second kappa shape index (κ2) is 7.70. The van der Waals surface area contributed by atoms with Crippen LogP contribution in [0.4, 0.5) is 0 Å². The van der Waals surface area contributed by atoms with E-state index in [0.29, 0.717) is 6.04 Å². The number of rotatable bonds is 3. The van der Waals surface area contributed by atoms with Crippen LogP contribution in [0.2, 0.25) is 0 Å². The van der Waals surface area contributed by atoms with Gasteiger partial charge < -0.3 is 4.57 Å². The van der Waals surface area contributed by atoms with Crippen molar-refractivity contribution in [2.45, 2.75) is 45.8 Å². The van der Waals surface area contributed by atoms with Gasteiger partial charge in [-0.15, -0.1) is 0 Å². The third kappa shape index (κ3) is 3.26. The Morgan fingerprint density at radius 3 is 2.47 bits per heavy atom. The Balaban J connectivity index is 1.43. The fourth-order valence-corrected chi connectivity index (χ4v) is 5.02. The highest BCUT2D eigenvalue weighted by Crippen LogP contribution is 2.29. The Hall–Kier alpha value is -3.26. The van der Waals surface area contributed by atoms with E-state index in [1.165, 1.54) is 5.56 Å². The minimum absolute atomic E-state index is 0.0136. The summed E-state index contributed by atoms with van der Waals surface area (Å²) in [5.74, 6) is 0. The fraction of sp³-hybridized carbons (Fsp3) is 0.417. The second-order valence-electron chi connectivity index (χ2n) is 8.94. The standard InChI is InChI=1S/C24H29N7O/c1-15-14-30(31-18(4)24-21(27-31)8-9-23(32)28(24)5)16(2)13-29(15)17(3)19-6-7-20-22(12-19)26-11-10-25-20/h6-12,15-17H,13-14H2,1-5H3/t15-,16+,17?/m1/s1. The van der Waals surface area contributed by atoms with Crippen LogP contribution in [0, 0.1) is 6.92 Å². The first kappa shape index (κ1) is 20.6. The Bertz CT molecular complexity index is 1360. The van der Waals surface area contributed by atoms with Crippen LogP contribution in [0.5, 0.6) is 0 Å². The molecular weight excluding hydrogens is 402 g/mol. The van der Waals surface area contributed by atoms with E-state index in [4.69, 9.17) is 5.10 Å². The quantitative estimate of drug-likeness (QED) is 0.497. The molecule has 5 rings (SSSR count). The fourth-order valence-electron chi connectivity index (χ4n) is 5.02. The van der Waals surface area contributed by atoms with E-state index in [1.807, 2.05) is 24.8 Å². The number of hydrogen-bond donors (Lipinski definition) is 0. The molecule has 3 atom stereocenters. The maximum Gasteiger partial charge on any atom is 0.250 e. The van der Waals surface area contributed by atoms with Crippen LogP contribution in [-0.2, 0) is 7.05 Å². The summed E-state index contributed by atoms with van der Waals surface area (Å²) in [6.45, 7) is 10.6. The predicted octanol–water partition coefficient (Wildman–Crippen LogP) is 2.78. The molecule has 1 saturated heterocycles. The highest BCUT2D eigenvalue weighted by Gasteiger charge is 2.34. The zero-order valence-corrected chi connectivity index (χ0v) is 19.2. The van der Waals surface area contributed by atoms with Gasteiger partial charge in [-0.1, -0.05) is 6.07 Å². The van der Waals surface area contributed by atoms with Gasteiger partial charge in [-0.25, -0.2) is 0 Å². The van der Waals surface area contributed by atoms with Gasteiger partial charge in [-0.3, -0.25) is 24.7 Å². The average molecular weight is 432 g/mol. The van der Waals surface area contributed by atoms with Crippen molar-refractivity contribution in [3.05, 3.63) is 64.3 Å². The van der Waals surface area contributed by atoms with Gasteiger partial charge in [0.05, 0.1) is 34.8 Å². The number of nitrogens with zero attached hydrogens (tertiary/aromatic N) is 7. The lowest BCUT2D eigenvalue weighted by Crippen LogP contribution is -2.61. The first-order valence-electron chi connectivity index (χ1n) is 11.1. The summed E-state index contributed by atoms with van der Waals surface area (Å²) in [7, 11) is 1.81. The molecule has 8 nitrogen and oxygen atoms in total. The van der Waals surface area contributed by atoms with Gasteiger partial charge in [-0.2, -0.15) is 9.89 Å². The van der Waals surface area contributed by atoms with Crippen LogP contribution in [0.15, 0.2) is 47.5 Å². The van der Waals surface area contributed by atoms with Crippen molar-refractivity contribution in [3.8, 4) is 0 Å². The molecular formula is C24H29N7O. The zero-order chi connectivity index (χ0) is 22.6. The highest BCUT2D eigenvalue weighted by molar-refractivity contribution is 5.77. The third-order valence-corrected chi connectivity index (χ3v) is 6.86. The molecule has 0 saturated carbocycles. The van der Waals surface area contributed by atoms with Gasteiger partial charge in [0, 0.05) is 44.1 Å². The maximum atomic E-state index is 12.1. The highest BCUT2D eigenvalue weighted by atomic mass is 16.1. The van der Waals surface area contributed by atoms with E-state index in [-0.39, 0.29) is 17.6 Å². The topological polar surface area (TPSA) is 72.1 Å². The number of benzene rings is 1. The first-order chi connectivity index (χ1) is 15.3. The molecule has 0 N–H and O–H groups in total. The number of aryl methyl sites for hydroxylation is 2. The Labute approximate surface area is 187 Å². The minimum Gasteiger partial charge on any atom is -0.308 e. The van der Waals surface area contributed by atoms with Crippen LogP contribution < -0.4 is 10.6 Å². The number of piperazine rings is 1. The second-order valence-corrected chi connectivity index (χ2v) is 8.94. The molecule has 0 amide bonds. The molecule has 1 aliphatic rings. The molecule has 0 bridgehead atoms. The molecule has 3 aromatic heterocycles. The summed E-state index contributed by atoms with van der Waals surface area (Å²) in [5.41, 5.74) is 5.82. The SMILES string of the molecule is Cc1c2c(ccc(=O)n2C)nn1N1C[C@@H](C)N(C(C)c2ccc3nccnc3c2)C[C@@H]1C.